The second-order valence-electron chi connectivity index (χ2n) is 5.66. The van der Waals surface area contributed by atoms with E-state index in [9.17, 15) is 8.94 Å². The summed E-state index contributed by atoms with van der Waals surface area (Å²) in [7, 11) is 0. The van der Waals surface area contributed by atoms with Crippen LogP contribution in [0.25, 0.3) is 5.69 Å². The Hall–Kier alpha value is -1.66. The van der Waals surface area contributed by atoms with Gasteiger partial charge in [0.05, 0.1) is 5.69 Å². The molecule has 0 aliphatic heterocycles. The maximum absolute atomic E-state index is 12.9. The number of nitrogens with zero attached hydrogens (tertiary/aromatic N) is 3. The molecule has 0 bridgehead atoms. The lowest BCUT2D eigenvalue weighted by Crippen LogP contribution is -2.26. The summed E-state index contributed by atoms with van der Waals surface area (Å²) in [6.45, 7) is 7.39. The van der Waals surface area contributed by atoms with E-state index >= 15 is 0 Å². The van der Waals surface area contributed by atoms with Gasteiger partial charge in [0.15, 0.2) is 0 Å². The Morgan fingerprint density at radius 2 is 1.86 bits per heavy atom. The summed E-state index contributed by atoms with van der Waals surface area (Å²) in [6, 6.07) is 7.85. The van der Waals surface area contributed by atoms with Gasteiger partial charge in [0.25, 0.3) is 0 Å². The lowest BCUT2D eigenvalue weighted by atomic mass is 10.3. The predicted molar refractivity (Wildman–Crippen MR) is 83.6 cm³/mol. The molecule has 0 fully saturated rings. The third-order valence-electron chi connectivity index (χ3n) is 2.79. The van der Waals surface area contributed by atoms with Gasteiger partial charge in [-0.2, -0.15) is 5.10 Å². The molecule has 1 heterocycles. The monoisotopic (exact) mass is 307 g/mol. The first-order chi connectivity index (χ1) is 9.77. The molecule has 0 spiro atoms. The lowest BCUT2D eigenvalue weighted by Gasteiger charge is -2.18. The first-order valence-electron chi connectivity index (χ1n) is 6.56. The molecule has 6 heteroatoms. The van der Waals surface area contributed by atoms with Crippen LogP contribution >= 0.6 is 0 Å². The first kappa shape index (κ1) is 15.7. The molecule has 0 saturated heterocycles. The van der Waals surface area contributed by atoms with E-state index in [0.717, 1.165) is 5.69 Å². The maximum Gasteiger partial charge on any atom is 0.144 e. The third-order valence-corrected chi connectivity index (χ3v) is 4.28. The average Bonchev–Trinajstić information content (AvgIpc) is 2.88. The molecular weight excluding hydrogens is 289 g/mol. The van der Waals surface area contributed by atoms with Crippen LogP contribution in [-0.4, -0.2) is 24.8 Å². The Morgan fingerprint density at radius 1 is 1.24 bits per heavy atom. The maximum atomic E-state index is 12.9. The quantitative estimate of drug-likeness (QED) is 0.645. The highest BCUT2D eigenvalue weighted by molar-refractivity contribution is 7.91. The number of halogens is 1. The predicted octanol–water partition coefficient (Wildman–Crippen LogP) is 3.28. The van der Waals surface area contributed by atoms with Crippen LogP contribution in [0.3, 0.4) is 0 Å². The molecule has 2 aromatic rings. The Morgan fingerprint density at radius 3 is 2.43 bits per heavy atom. The van der Waals surface area contributed by atoms with Gasteiger partial charge < -0.3 is 4.55 Å². The smallest absolute Gasteiger partial charge is 0.144 e. The fourth-order valence-corrected chi connectivity index (χ4v) is 2.18. The van der Waals surface area contributed by atoms with Crippen molar-refractivity contribution in [3.63, 3.8) is 0 Å². The number of hydrogen-bond donors (Lipinski definition) is 0. The van der Waals surface area contributed by atoms with Crippen LogP contribution in [0, 0.1) is 5.82 Å². The Balaban J connectivity index is 2.23. The van der Waals surface area contributed by atoms with Crippen LogP contribution in [0.15, 0.2) is 40.9 Å². The molecule has 0 radical (unpaired) electrons. The molecule has 0 aliphatic rings. The summed E-state index contributed by atoms with van der Waals surface area (Å²) >= 11 is -1.32. The highest BCUT2D eigenvalue weighted by Crippen LogP contribution is 2.18. The van der Waals surface area contributed by atoms with E-state index in [1.54, 1.807) is 36.0 Å². The van der Waals surface area contributed by atoms with Gasteiger partial charge in [-0.15, -0.1) is 0 Å². The molecular formula is C15H18FN3OS. The molecule has 1 aromatic heterocycles. The van der Waals surface area contributed by atoms with Gasteiger partial charge in [0.1, 0.15) is 33.3 Å². The van der Waals surface area contributed by atoms with Crippen molar-refractivity contribution in [2.45, 2.75) is 32.4 Å². The molecule has 0 amide bonds. The fraction of sp³-hybridized carbons (Fsp3) is 0.333. The molecule has 2 rings (SSSR count). The van der Waals surface area contributed by atoms with Gasteiger partial charge in [-0.1, -0.05) is 4.40 Å². The molecule has 4 nitrogen and oxygen atoms in total. The fourth-order valence-electron chi connectivity index (χ4n) is 1.56. The molecule has 0 N–H and O–H groups in total. The number of hydrogen-bond acceptors (Lipinski definition) is 3. The highest BCUT2D eigenvalue weighted by atomic mass is 32.2. The van der Waals surface area contributed by atoms with Crippen molar-refractivity contribution in [3.05, 3.63) is 48.0 Å². The molecule has 21 heavy (non-hydrogen) atoms. The molecule has 0 aliphatic carbocycles. The molecule has 112 valence electrons. The Kier molecular flexibility index (Phi) is 4.49. The molecule has 1 atom stereocenters. The number of rotatable bonds is 3. The van der Waals surface area contributed by atoms with E-state index in [4.69, 9.17) is 0 Å². The molecule has 0 saturated carbocycles. The van der Waals surface area contributed by atoms with Crippen molar-refractivity contribution in [3.8, 4) is 5.69 Å². The van der Waals surface area contributed by atoms with Gasteiger partial charge in [0, 0.05) is 6.20 Å². The van der Waals surface area contributed by atoms with E-state index < -0.39 is 16.1 Å². The zero-order valence-corrected chi connectivity index (χ0v) is 13.3. The van der Waals surface area contributed by atoms with Crippen LogP contribution < -0.4 is 0 Å². The first-order valence-corrected chi connectivity index (χ1v) is 7.67. The second kappa shape index (κ2) is 5.99. The zero-order chi connectivity index (χ0) is 15.6. The summed E-state index contributed by atoms with van der Waals surface area (Å²) in [4.78, 5) is 0. The van der Waals surface area contributed by atoms with Crippen LogP contribution in [-0.2, 0) is 11.4 Å². The van der Waals surface area contributed by atoms with E-state index in [2.05, 4.69) is 9.50 Å². The Labute approximate surface area is 127 Å². The van der Waals surface area contributed by atoms with Crippen molar-refractivity contribution < 1.29 is 8.94 Å². The normalized spacial score (nSPS) is 14.3. The highest BCUT2D eigenvalue weighted by Gasteiger charge is 2.27. The van der Waals surface area contributed by atoms with Crippen molar-refractivity contribution in [2.75, 3.05) is 0 Å². The van der Waals surface area contributed by atoms with E-state index in [0.29, 0.717) is 11.4 Å². The minimum atomic E-state index is -1.32. The van der Waals surface area contributed by atoms with Crippen molar-refractivity contribution in [2.24, 2.45) is 4.40 Å². The summed E-state index contributed by atoms with van der Waals surface area (Å²) in [5.41, 5.74) is 2.02. The SMILES string of the molecule is C/C(=N\[S@+]([O-])C(C)(C)C)c1ccn(-c2ccc(F)cc2)n1. The minimum absolute atomic E-state index is 0.288. The van der Waals surface area contributed by atoms with E-state index in [-0.39, 0.29) is 5.82 Å². The van der Waals surface area contributed by atoms with Crippen LogP contribution in [0.1, 0.15) is 33.4 Å². The lowest BCUT2D eigenvalue weighted by molar-refractivity contribution is 0.561. The van der Waals surface area contributed by atoms with Gasteiger partial charge in [-0.3, -0.25) is 0 Å². The largest absolute Gasteiger partial charge is 0.591 e. The topological polar surface area (TPSA) is 53.2 Å². The van der Waals surface area contributed by atoms with E-state index in [1.807, 2.05) is 20.8 Å². The standard InChI is InChI=1S/C15H18FN3OS/c1-11(18-21(20)15(2,3)4)14-9-10-19(17-14)13-7-5-12(16)6-8-13/h5-10H,1-4H3/b18-11+/t21-/m1/s1. The zero-order valence-electron chi connectivity index (χ0n) is 12.5. The van der Waals surface area contributed by atoms with Gasteiger partial charge >= 0.3 is 0 Å². The van der Waals surface area contributed by atoms with Gasteiger partial charge in [0.2, 0.25) is 0 Å². The Bertz CT molecular complexity index is 644. The summed E-state index contributed by atoms with van der Waals surface area (Å²) in [6.07, 6.45) is 1.77. The van der Waals surface area contributed by atoms with Crippen molar-refractivity contribution in [1.82, 2.24) is 9.78 Å². The number of benzene rings is 1. The minimum Gasteiger partial charge on any atom is -0.591 e. The average molecular weight is 307 g/mol. The summed E-state index contributed by atoms with van der Waals surface area (Å²) in [5, 5.41) is 4.37. The van der Waals surface area contributed by atoms with Crippen molar-refractivity contribution in [1.29, 1.82) is 0 Å². The van der Waals surface area contributed by atoms with Gasteiger partial charge in [-0.25, -0.2) is 9.07 Å². The third kappa shape index (κ3) is 3.92. The van der Waals surface area contributed by atoms with Gasteiger partial charge in [-0.05, 0) is 58.0 Å². The summed E-state index contributed by atoms with van der Waals surface area (Å²) < 4.78 is 30.3. The van der Waals surface area contributed by atoms with Crippen molar-refractivity contribution >= 4 is 17.1 Å². The summed E-state index contributed by atoms with van der Waals surface area (Å²) in [5.74, 6) is -0.288. The van der Waals surface area contributed by atoms with Crippen LogP contribution in [0.5, 0.6) is 0 Å². The number of aromatic nitrogens is 2. The van der Waals surface area contributed by atoms with E-state index in [1.165, 1.54) is 12.1 Å². The molecule has 1 aromatic carbocycles. The molecule has 0 unspecified atom stereocenters. The van der Waals surface area contributed by atoms with Crippen LogP contribution in [0.2, 0.25) is 0 Å². The van der Waals surface area contributed by atoms with Crippen LogP contribution in [0.4, 0.5) is 4.39 Å². The second-order valence-corrected chi connectivity index (χ2v) is 7.57.